The van der Waals surface area contributed by atoms with E-state index < -0.39 is 10.0 Å². The Kier molecular flexibility index (Phi) is 8.29. The van der Waals surface area contributed by atoms with Crippen LogP contribution >= 0.6 is 11.8 Å². The van der Waals surface area contributed by atoms with Crippen molar-refractivity contribution in [1.29, 1.82) is 0 Å². The first-order valence-electron chi connectivity index (χ1n) is 12.7. The molecular weight excluding hydrogens is 548 g/mol. The lowest BCUT2D eigenvalue weighted by Crippen LogP contribution is -2.27. The molecule has 1 fully saturated rings. The highest BCUT2D eigenvalue weighted by Crippen LogP contribution is 2.30. The van der Waals surface area contributed by atoms with E-state index in [1.807, 2.05) is 34.9 Å². The van der Waals surface area contributed by atoms with Gasteiger partial charge in [0.2, 0.25) is 21.8 Å². The van der Waals surface area contributed by atoms with Crippen molar-refractivity contribution in [3.05, 3.63) is 78.9 Å². The lowest BCUT2D eigenvalue weighted by Gasteiger charge is -2.16. The summed E-state index contributed by atoms with van der Waals surface area (Å²) >= 11 is 1.22. The number of aromatic nitrogens is 3. The summed E-state index contributed by atoms with van der Waals surface area (Å²) in [6, 6.07) is 23.1. The molecule has 0 radical (unpaired) electrons. The maximum atomic E-state index is 13.2. The summed E-state index contributed by atoms with van der Waals surface area (Å²) < 4.78 is 29.7. The molecule has 0 atom stereocenters. The molecule has 0 aliphatic carbocycles. The van der Waals surface area contributed by atoms with Crippen molar-refractivity contribution in [1.82, 2.24) is 19.1 Å². The Hall–Kier alpha value is -4.00. The van der Waals surface area contributed by atoms with E-state index in [2.05, 4.69) is 20.8 Å². The standard InChI is InChI=1S/C28H28N6O4S2/c1-20(35)29-22-12-14-23(15-13-22)30-26(36)19-39-28-32-31-27(34(28)24-9-3-2-4-10-24)21-8-7-11-25(18-21)40(37,38)33-16-5-6-17-33/h2-4,7-15,18H,5-6,16-17,19H2,1H3,(H,29,35)(H,30,36). The predicted molar refractivity (Wildman–Crippen MR) is 155 cm³/mol. The van der Waals surface area contributed by atoms with Crippen LogP contribution in [-0.4, -0.2) is 58.1 Å². The van der Waals surface area contributed by atoms with Crippen molar-refractivity contribution in [3.8, 4) is 17.1 Å². The van der Waals surface area contributed by atoms with Crippen molar-refractivity contribution in [2.45, 2.75) is 29.8 Å². The van der Waals surface area contributed by atoms with E-state index in [0.717, 1.165) is 18.5 Å². The fourth-order valence-corrected chi connectivity index (χ4v) is 6.72. The number of carbonyl (C=O) groups excluding carboxylic acids is 2. The van der Waals surface area contributed by atoms with Gasteiger partial charge in [0.05, 0.1) is 10.6 Å². The number of carbonyl (C=O) groups is 2. The van der Waals surface area contributed by atoms with Crippen molar-refractivity contribution >= 4 is 45.0 Å². The number of rotatable bonds is 9. The number of nitrogens with one attached hydrogen (secondary N) is 2. The molecule has 2 amide bonds. The zero-order valence-corrected chi connectivity index (χ0v) is 23.4. The van der Waals surface area contributed by atoms with Crippen LogP contribution in [0.2, 0.25) is 0 Å². The second-order valence-corrected chi connectivity index (χ2v) is 12.1. The van der Waals surface area contributed by atoms with Crippen LogP contribution in [0.15, 0.2) is 88.9 Å². The van der Waals surface area contributed by atoms with Gasteiger partial charge in [-0.3, -0.25) is 14.2 Å². The Morgan fingerprint density at radius 1 is 0.875 bits per heavy atom. The molecule has 40 heavy (non-hydrogen) atoms. The SMILES string of the molecule is CC(=O)Nc1ccc(NC(=O)CSc2nnc(-c3cccc(S(=O)(=O)N4CCCC4)c3)n2-c2ccccc2)cc1. The Morgan fingerprint density at radius 2 is 1.55 bits per heavy atom. The van der Waals surface area contributed by atoms with Crippen LogP contribution in [0.25, 0.3) is 17.1 Å². The molecule has 1 saturated heterocycles. The highest BCUT2D eigenvalue weighted by atomic mass is 32.2. The van der Waals surface area contributed by atoms with Crippen LogP contribution in [-0.2, 0) is 19.6 Å². The van der Waals surface area contributed by atoms with Crippen LogP contribution in [0.3, 0.4) is 0 Å². The summed E-state index contributed by atoms with van der Waals surface area (Å²) in [4.78, 5) is 24.1. The summed E-state index contributed by atoms with van der Waals surface area (Å²) in [5.41, 5.74) is 2.63. The third-order valence-corrected chi connectivity index (χ3v) is 9.09. The molecule has 10 nitrogen and oxygen atoms in total. The number of benzene rings is 3. The zero-order valence-electron chi connectivity index (χ0n) is 21.8. The molecule has 5 rings (SSSR count). The molecule has 12 heteroatoms. The summed E-state index contributed by atoms with van der Waals surface area (Å²) in [5, 5.41) is 14.8. The molecule has 206 valence electrons. The topological polar surface area (TPSA) is 126 Å². The second-order valence-electron chi connectivity index (χ2n) is 9.21. The maximum Gasteiger partial charge on any atom is 0.243 e. The minimum Gasteiger partial charge on any atom is -0.326 e. The van der Waals surface area contributed by atoms with Gasteiger partial charge in [0, 0.05) is 42.6 Å². The smallest absolute Gasteiger partial charge is 0.243 e. The number of nitrogens with zero attached hydrogens (tertiary/aromatic N) is 4. The van der Waals surface area contributed by atoms with Gasteiger partial charge < -0.3 is 10.6 Å². The van der Waals surface area contributed by atoms with Gasteiger partial charge in [-0.1, -0.05) is 42.1 Å². The van der Waals surface area contributed by atoms with E-state index in [1.165, 1.54) is 23.0 Å². The van der Waals surface area contributed by atoms with E-state index in [0.29, 0.717) is 41.0 Å². The molecule has 1 aliphatic heterocycles. The van der Waals surface area contributed by atoms with E-state index in [4.69, 9.17) is 0 Å². The number of para-hydroxylation sites is 1. The fraction of sp³-hybridized carbons (Fsp3) is 0.214. The normalized spacial score (nSPS) is 13.7. The Morgan fingerprint density at radius 3 is 2.23 bits per heavy atom. The number of sulfonamides is 1. The number of hydrogen-bond acceptors (Lipinski definition) is 7. The van der Waals surface area contributed by atoms with Gasteiger partial charge in [-0.25, -0.2) is 8.42 Å². The average Bonchev–Trinajstić information content (AvgIpc) is 3.65. The number of anilines is 2. The Balaban J connectivity index is 1.38. The molecule has 2 heterocycles. The Labute approximate surface area is 236 Å². The van der Waals surface area contributed by atoms with Gasteiger partial charge in [-0.05, 0) is 61.4 Å². The van der Waals surface area contributed by atoms with Gasteiger partial charge in [-0.2, -0.15) is 4.31 Å². The van der Waals surface area contributed by atoms with E-state index in [-0.39, 0.29) is 22.5 Å². The number of hydrogen-bond donors (Lipinski definition) is 2. The third-order valence-electron chi connectivity index (χ3n) is 6.26. The Bertz CT molecular complexity index is 1620. The monoisotopic (exact) mass is 576 g/mol. The minimum absolute atomic E-state index is 0.0712. The average molecular weight is 577 g/mol. The number of thioether (sulfide) groups is 1. The number of amides is 2. The molecular formula is C28H28N6O4S2. The second kappa shape index (κ2) is 12.0. The first kappa shape index (κ1) is 27.6. The van der Waals surface area contributed by atoms with Gasteiger partial charge in [0.25, 0.3) is 0 Å². The predicted octanol–water partition coefficient (Wildman–Crippen LogP) is 4.41. The van der Waals surface area contributed by atoms with E-state index in [9.17, 15) is 18.0 Å². The highest BCUT2D eigenvalue weighted by molar-refractivity contribution is 7.99. The summed E-state index contributed by atoms with van der Waals surface area (Å²) in [5.74, 6) is 0.137. The van der Waals surface area contributed by atoms with Gasteiger partial charge >= 0.3 is 0 Å². The summed E-state index contributed by atoms with van der Waals surface area (Å²) in [7, 11) is -3.60. The maximum absolute atomic E-state index is 13.2. The first-order valence-corrected chi connectivity index (χ1v) is 15.2. The highest BCUT2D eigenvalue weighted by Gasteiger charge is 2.28. The molecule has 0 bridgehead atoms. The van der Waals surface area contributed by atoms with Crippen LogP contribution in [0.4, 0.5) is 11.4 Å². The van der Waals surface area contributed by atoms with Crippen molar-refractivity contribution < 1.29 is 18.0 Å². The van der Waals surface area contributed by atoms with Crippen molar-refractivity contribution in [3.63, 3.8) is 0 Å². The largest absolute Gasteiger partial charge is 0.326 e. The lowest BCUT2D eigenvalue weighted by atomic mass is 10.2. The lowest BCUT2D eigenvalue weighted by molar-refractivity contribution is -0.114. The van der Waals surface area contributed by atoms with Crippen molar-refractivity contribution in [2.24, 2.45) is 0 Å². The van der Waals surface area contributed by atoms with E-state index >= 15 is 0 Å². The third kappa shape index (κ3) is 6.24. The fourth-order valence-electron chi connectivity index (χ4n) is 4.40. The van der Waals surface area contributed by atoms with Crippen LogP contribution in [0, 0.1) is 0 Å². The molecule has 4 aromatic rings. The van der Waals surface area contributed by atoms with Crippen LogP contribution in [0.1, 0.15) is 19.8 Å². The summed E-state index contributed by atoms with van der Waals surface area (Å²) in [6.45, 7) is 2.48. The quantitative estimate of drug-likeness (QED) is 0.283. The summed E-state index contributed by atoms with van der Waals surface area (Å²) in [6.07, 6.45) is 1.72. The molecule has 2 N–H and O–H groups in total. The molecule has 0 saturated carbocycles. The molecule has 3 aromatic carbocycles. The van der Waals surface area contributed by atoms with Gasteiger partial charge in [0.1, 0.15) is 0 Å². The molecule has 0 spiro atoms. The van der Waals surface area contributed by atoms with Crippen LogP contribution < -0.4 is 10.6 Å². The van der Waals surface area contributed by atoms with Gasteiger partial charge in [-0.15, -0.1) is 10.2 Å². The van der Waals surface area contributed by atoms with Gasteiger partial charge in [0.15, 0.2) is 11.0 Å². The van der Waals surface area contributed by atoms with E-state index in [1.54, 1.807) is 48.5 Å². The van der Waals surface area contributed by atoms with Crippen molar-refractivity contribution in [2.75, 3.05) is 29.5 Å². The minimum atomic E-state index is -3.60. The first-order chi connectivity index (χ1) is 19.3. The molecule has 1 aliphatic rings. The zero-order chi connectivity index (χ0) is 28.1. The molecule has 0 unspecified atom stereocenters. The molecule has 1 aromatic heterocycles. The van der Waals surface area contributed by atoms with Crippen LogP contribution in [0.5, 0.6) is 0 Å².